The van der Waals surface area contributed by atoms with Crippen molar-refractivity contribution in [3.63, 3.8) is 0 Å². The first-order chi connectivity index (χ1) is 14.0. The number of benzene rings is 3. The summed E-state index contributed by atoms with van der Waals surface area (Å²) in [5.74, 6) is 0.657. The molecule has 0 aliphatic heterocycles. The van der Waals surface area contributed by atoms with Crippen molar-refractivity contribution in [1.82, 2.24) is 14.9 Å². The standard InChI is InChI=1S/C21H17N5O2S/c1-14-9-10-15(11-19(14)26(27)28)13-22-25-20(23-24-21(25)29)12-17-7-4-6-16-5-2-3-8-18(16)17/h2-11,13H,12H2,1H3,(H,24,29)/b22-13-. The van der Waals surface area contributed by atoms with E-state index in [4.69, 9.17) is 12.2 Å². The molecule has 1 aromatic heterocycles. The lowest BCUT2D eigenvalue weighted by Gasteiger charge is -2.06. The van der Waals surface area contributed by atoms with Gasteiger partial charge in [0.05, 0.1) is 11.1 Å². The van der Waals surface area contributed by atoms with E-state index < -0.39 is 4.92 Å². The Morgan fingerprint density at radius 1 is 1.21 bits per heavy atom. The number of nitrogens with zero attached hydrogens (tertiary/aromatic N) is 4. The van der Waals surface area contributed by atoms with E-state index in [-0.39, 0.29) is 5.69 Å². The van der Waals surface area contributed by atoms with Crippen LogP contribution in [0.3, 0.4) is 0 Å². The maximum Gasteiger partial charge on any atom is 0.272 e. The van der Waals surface area contributed by atoms with Crippen molar-refractivity contribution in [3.8, 4) is 0 Å². The third kappa shape index (κ3) is 3.83. The molecule has 4 aromatic rings. The fourth-order valence-corrected chi connectivity index (χ4v) is 3.40. The molecule has 29 heavy (non-hydrogen) atoms. The normalized spacial score (nSPS) is 11.3. The maximum absolute atomic E-state index is 11.1. The summed E-state index contributed by atoms with van der Waals surface area (Å²) < 4.78 is 1.90. The zero-order valence-corrected chi connectivity index (χ0v) is 16.4. The van der Waals surface area contributed by atoms with Gasteiger partial charge in [-0.2, -0.15) is 14.9 Å². The molecular formula is C21H17N5O2S. The van der Waals surface area contributed by atoms with Crippen molar-refractivity contribution in [2.75, 3.05) is 0 Å². The van der Waals surface area contributed by atoms with Crippen molar-refractivity contribution in [2.45, 2.75) is 13.3 Å². The molecule has 0 atom stereocenters. The smallest absolute Gasteiger partial charge is 0.258 e. The van der Waals surface area contributed by atoms with Crippen molar-refractivity contribution in [1.29, 1.82) is 0 Å². The van der Waals surface area contributed by atoms with Gasteiger partial charge in [-0.1, -0.05) is 54.6 Å². The van der Waals surface area contributed by atoms with E-state index in [1.807, 2.05) is 18.2 Å². The Hall–Kier alpha value is -3.65. The Morgan fingerprint density at radius 2 is 2.00 bits per heavy atom. The third-order valence-electron chi connectivity index (χ3n) is 4.70. The Morgan fingerprint density at radius 3 is 2.83 bits per heavy atom. The van der Waals surface area contributed by atoms with Gasteiger partial charge in [0.1, 0.15) is 0 Å². The van der Waals surface area contributed by atoms with Crippen LogP contribution in [0.15, 0.2) is 65.8 Å². The van der Waals surface area contributed by atoms with Crippen LogP contribution in [-0.2, 0) is 6.42 Å². The van der Waals surface area contributed by atoms with Gasteiger partial charge in [-0.3, -0.25) is 15.2 Å². The monoisotopic (exact) mass is 403 g/mol. The zero-order chi connectivity index (χ0) is 20.4. The quantitative estimate of drug-likeness (QED) is 0.225. The molecule has 4 rings (SSSR count). The minimum Gasteiger partial charge on any atom is -0.258 e. The van der Waals surface area contributed by atoms with Gasteiger partial charge >= 0.3 is 0 Å². The van der Waals surface area contributed by atoms with E-state index in [2.05, 4.69) is 39.6 Å². The van der Waals surface area contributed by atoms with E-state index in [1.165, 1.54) is 6.07 Å². The van der Waals surface area contributed by atoms with Crippen LogP contribution < -0.4 is 0 Å². The minimum atomic E-state index is -0.401. The van der Waals surface area contributed by atoms with Crippen molar-refractivity contribution >= 4 is 34.9 Å². The molecule has 7 nitrogen and oxygen atoms in total. The summed E-state index contributed by atoms with van der Waals surface area (Å²) in [5.41, 5.74) is 2.38. The topological polar surface area (TPSA) is 89.1 Å². The third-order valence-corrected chi connectivity index (χ3v) is 4.96. The molecule has 144 valence electrons. The molecule has 1 N–H and O–H groups in total. The highest BCUT2D eigenvalue weighted by Gasteiger charge is 2.11. The zero-order valence-electron chi connectivity index (χ0n) is 15.6. The fraction of sp³-hybridized carbons (Fsp3) is 0.0952. The van der Waals surface area contributed by atoms with Crippen LogP contribution in [0, 0.1) is 21.8 Å². The molecule has 0 radical (unpaired) electrons. The summed E-state index contributed by atoms with van der Waals surface area (Å²) in [6, 6.07) is 19.3. The summed E-state index contributed by atoms with van der Waals surface area (Å²) in [4.78, 5) is 10.7. The Balaban J connectivity index is 1.68. The lowest BCUT2D eigenvalue weighted by atomic mass is 10.0. The van der Waals surface area contributed by atoms with Gasteiger partial charge in [-0.05, 0) is 35.5 Å². The minimum absolute atomic E-state index is 0.0562. The number of aromatic nitrogens is 3. The summed E-state index contributed by atoms with van der Waals surface area (Å²) in [6.07, 6.45) is 2.09. The van der Waals surface area contributed by atoms with Gasteiger partial charge in [-0.15, -0.1) is 0 Å². The van der Waals surface area contributed by atoms with Gasteiger partial charge < -0.3 is 0 Å². The number of rotatable bonds is 5. The number of hydrogen-bond donors (Lipinski definition) is 1. The molecule has 0 saturated carbocycles. The predicted molar refractivity (Wildman–Crippen MR) is 115 cm³/mol. The SMILES string of the molecule is Cc1ccc(/C=N\n2c(Cc3cccc4ccccc34)n[nH]c2=S)cc1[N+](=O)[O-]. The molecule has 0 saturated heterocycles. The highest BCUT2D eigenvalue weighted by molar-refractivity contribution is 7.71. The predicted octanol–water partition coefficient (Wildman–Crippen LogP) is 4.78. The number of hydrogen-bond acceptors (Lipinski definition) is 5. The number of nitro groups is 1. The largest absolute Gasteiger partial charge is 0.272 e. The first-order valence-electron chi connectivity index (χ1n) is 8.95. The second-order valence-corrected chi connectivity index (χ2v) is 7.01. The number of nitrogens with one attached hydrogen (secondary N) is 1. The Bertz CT molecular complexity index is 1300. The number of aromatic amines is 1. The van der Waals surface area contributed by atoms with Crippen LogP contribution in [0.5, 0.6) is 0 Å². The van der Waals surface area contributed by atoms with E-state index in [0.717, 1.165) is 16.3 Å². The molecule has 0 bridgehead atoms. The van der Waals surface area contributed by atoms with Gasteiger partial charge in [0.2, 0.25) is 4.77 Å². The lowest BCUT2D eigenvalue weighted by Crippen LogP contribution is -2.01. The van der Waals surface area contributed by atoms with Crippen LogP contribution in [0.4, 0.5) is 5.69 Å². The first-order valence-corrected chi connectivity index (χ1v) is 9.36. The van der Waals surface area contributed by atoms with E-state index >= 15 is 0 Å². The van der Waals surface area contributed by atoms with Crippen LogP contribution in [0.25, 0.3) is 10.8 Å². The Labute approximate surface area is 171 Å². The lowest BCUT2D eigenvalue weighted by molar-refractivity contribution is -0.385. The number of H-pyrrole nitrogens is 1. The van der Waals surface area contributed by atoms with Crippen LogP contribution in [0.1, 0.15) is 22.5 Å². The second kappa shape index (κ2) is 7.76. The average molecular weight is 403 g/mol. The number of aryl methyl sites for hydroxylation is 1. The molecule has 0 aliphatic rings. The van der Waals surface area contributed by atoms with Crippen LogP contribution >= 0.6 is 12.2 Å². The number of fused-ring (bicyclic) bond motifs is 1. The molecular weight excluding hydrogens is 386 g/mol. The molecule has 8 heteroatoms. The van der Waals surface area contributed by atoms with Crippen molar-refractivity contribution < 1.29 is 4.92 Å². The summed E-state index contributed by atoms with van der Waals surface area (Å²) in [7, 11) is 0. The van der Waals surface area contributed by atoms with Gasteiger partial charge in [-0.25, -0.2) is 0 Å². The summed E-state index contributed by atoms with van der Waals surface area (Å²) in [5, 5.41) is 25.0. The van der Waals surface area contributed by atoms with Gasteiger partial charge in [0.25, 0.3) is 5.69 Å². The van der Waals surface area contributed by atoms with Crippen LogP contribution in [-0.4, -0.2) is 26.0 Å². The second-order valence-electron chi connectivity index (χ2n) is 6.62. The van der Waals surface area contributed by atoms with E-state index in [1.54, 1.807) is 29.9 Å². The Kier molecular flexibility index (Phi) is 5.01. The molecule has 0 aliphatic carbocycles. The summed E-state index contributed by atoms with van der Waals surface area (Å²) in [6.45, 7) is 1.70. The fourth-order valence-electron chi connectivity index (χ4n) is 3.20. The average Bonchev–Trinajstić information content (AvgIpc) is 3.07. The first kappa shape index (κ1) is 18.7. The number of nitro benzene ring substituents is 1. The highest BCUT2D eigenvalue weighted by Crippen LogP contribution is 2.21. The van der Waals surface area contributed by atoms with Gasteiger partial charge in [0.15, 0.2) is 5.82 Å². The molecule has 0 amide bonds. The van der Waals surface area contributed by atoms with Gasteiger partial charge in [0, 0.05) is 23.6 Å². The van der Waals surface area contributed by atoms with E-state index in [0.29, 0.717) is 28.1 Å². The maximum atomic E-state index is 11.1. The molecule has 0 unspecified atom stereocenters. The summed E-state index contributed by atoms with van der Waals surface area (Å²) >= 11 is 5.31. The van der Waals surface area contributed by atoms with Crippen LogP contribution in [0.2, 0.25) is 0 Å². The molecule has 0 spiro atoms. The van der Waals surface area contributed by atoms with Crippen molar-refractivity contribution in [2.24, 2.45) is 5.10 Å². The van der Waals surface area contributed by atoms with E-state index in [9.17, 15) is 10.1 Å². The van der Waals surface area contributed by atoms with Crippen molar-refractivity contribution in [3.05, 3.63) is 98.1 Å². The molecule has 3 aromatic carbocycles. The molecule has 0 fully saturated rings. The highest BCUT2D eigenvalue weighted by atomic mass is 32.1. The molecule has 1 heterocycles.